The first-order valence-corrected chi connectivity index (χ1v) is 9.40. The van der Waals surface area contributed by atoms with E-state index in [0.717, 1.165) is 28.0 Å². The third-order valence-electron chi connectivity index (χ3n) is 6.22. The van der Waals surface area contributed by atoms with Crippen molar-refractivity contribution in [1.82, 2.24) is 0 Å². The third kappa shape index (κ3) is 3.43. The van der Waals surface area contributed by atoms with Crippen LogP contribution in [0, 0.1) is 20.8 Å². The summed E-state index contributed by atoms with van der Waals surface area (Å²) in [6.07, 6.45) is -4.05. The lowest BCUT2D eigenvalue weighted by molar-refractivity contribution is -0.237. The summed E-state index contributed by atoms with van der Waals surface area (Å²) < 4.78 is 12.0. The average Bonchev–Trinajstić information content (AvgIpc) is 2.65. The number of ether oxygens (including phenoxy) is 2. The molecule has 1 saturated heterocycles. The van der Waals surface area contributed by atoms with Gasteiger partial charge in [-0.3, -0.25) is 0 Å². The van der Waals surface area contributed by atoms with Crippen molar-refractivity contribution in [2.75, 3.05) is 6.61 Å². The Morgan fingerprint density at radius 2 is 1.59 bits per heavy atom. The maximum atomic E-state index is 10.3. The first-order valence-electron chi connectivity index (χ1n) is 9.40. The van der Waals surface area contributed by atoms with Crippen molar-refractivity contribution in [1.29, 1.82) is 0 Å². The van der Waals surface area contributed by atoms with Gasteiger partial charge in [0.2, 0.25) is 0 Å². The summed E-state index contributed by atoms with van der Waals surface area (Å²) >= 11 is 0. The molecule has 0 saturated carbocycles. The number of aromatic hydroxyl groups is 1. The monoisotopic (exact) mass is 382 g/mol. The predicted octanol–water partition coefficient (Wildman–Crippen LogP) is 0.634. The number of phenols is 1. The van der Waals surface area contributed by atoms with E-state index in [9.17, 15) is 25.5 Å². The molecule has 2 aliphatic heterocycles. The van der Waals surface area contributed by atoms with Crippen LogP contribution in [-0.2, 0) is 11.2 Å². The molecule has 0 bridgehead atoms. The van der Waals surface area contributed by atoms with Gasteiger partial charge in [0.15, 0.2) is 0 Å². The minimum atomic E-state index is -1.39. The van der Waals surface area contributed by atoms with Crippen LogP contribution in [0.4, 0.5) is 0 Å². The normalized spacial score (nSPS) is 36.2. The lowest BCUT2D eigenvalue weighted by Crippen LogP contribution is -2.60. The van der Waals surface area contributed by atoms with Gasteiger partial charge in [-0.25, -0.2) is 0 Å². The Hall–Kier alpha value is -1.38. The standard InChI is InChI=1S/C20H30O7/c1-9-10(2)19-12(11(3)15(9)22)5-6-20(4,27-19)7-13-16(23)18(25)17(24)14(8-21)26-13/h13-14,16-18,21-25H,5-8H2,1-4H3/t13-,14+,16-,17-,18+,20?/m0/s1. The summed E-state index contributed by atoms with van der Waals surface area (Å²) in [4.78, 5) is 0. The van der Waals surface area contributed by atoms with Crippen molar-refractivity contribution in [2.24, 2.45) is 0 Å². The molecule has 1 aromatic carbocycles. The zero-order chi connectivity index (χ0) is 20.1. The maximum Gasteiger partial charge on any atom is 0.127 e. The lowest BCUT2D eigenvalue weighted by Gasteiger charge is -2.45. The van der Waals surface area contributed by atoms with Gasteiger partial charge in [-0.05, 0) is 57.2 Å². The number of aliphatic hydroxyl groups excluding tert-OH is 4. The summed E-state index contributed by atoms with van der Waals surface area (Å²) in [5.41, 5.74) is 2.82. The van der Waals surface area contributed by atoms with Gasteiger partial charge < -0.3 is 35.0 Å². The van der Waals surface area contributed by atoms with Crippen LogP contribution in [0.25, 0.3) is 0 Å². The van der Waals surface area contributed by atoms with Gasteiger partial charge in [0.05, 0.1) is 12.7 Å². The highest BCUT2D eigenvalue weighted by Gasteiger charge is 2.47. The minimum Gasteiger partial charge on any atom is -0.507 e. The summed E-state index contributed by atoms with van der Waals surface area (Å²) in [6.45, 7) is 7.12. The molecule has 27 heavy (non-hydrogen) atoms. The molecule has 2 heterocycles. The van der Waals surface area contributed by atoms with Gasteiger partial charge in [-0.2, -0.15) is 0 Å². The van der Waals surface area contributed by atoms with E-state index >= 15 is 0 Å². The van der Waals surface area contributed by atoms with Gasteiger partial charge >= 0.3 is 0 Å². The molecule has 3 rings (SSSR count). The molecule has 0 radical (unpaired) electrons. The van der Waals surface area contributed by atoms with Crippen LogP contribution >= 0.6 is 0 Å². The second-order valence-corrected chi connectivity index (χ2v) is 8.15. The van der Waals surface area contributed by atoms with Crippen molar-refractivity contribution in [3.05, 3.63) is 22.3 Å². The quantitative estimate of drug-likeness (QED) is 0.520. The number of hydrogen-bond donors (Lipinski definition) is 5. The third-order valence-corrected chi connectivity index (χ3v) is 6.22. The summed E-state index contributed by atoms with van der Waals surface area (Å²) in [6, 6.07) is 0. The number of hydrogen-bond acceptors (Lipinski definition) is 7. The molecule has 0 amide bonds. The van der Waals surface area contributed by atoms with Gasteiger partial charge in [-0.15, -0.1) is 0 Å². The first-order chi connectivity index (χ1) is 12.6. The number of aliphatic hydroxyl groups is 4. The van der Waals surface area contributed by atoms with Crippen LogP contribution in [0.3, 0.4) is 0 Å². The molecule has 1 unspecified atom stereocenters. The Morgan fingerprint density at radius 3 is 2.22 bits per heavy atom. The van der Waals surface area contributed by atoms with Gasteiger partial charge in [-0.1, -0.05) is 0 Å². The number of fused-ring (bicyclic) bond motifs is 1. The SMILES string of the molecule is Cc1c(C)c2c(c(C)c1O)CCC(C)(C[C@@H]1O[C@H](CO)[C@H](O)[C@H](O)[C@H]1O)O2. The van der Waals surface area contributed by atoms with Crippen molar-refractivity contribution in [3.8, 4) is 11.5 Å². The van der Waals surface area contributed by atoms with Crippen molar-refractivity contribution >= 4 is 0 Å². The van der Waals surface area contributed by atoms with E-state index in [1.54, 1.807) is 0 Å². The molecule has 7 heteroatoms. The van der Waals surface area contributed by atoms with E-state index in [2.05, 4.69) is 0 Å². The lowest BCUT2D eigenvalue weighted by atomic mass is 9.82. The van der Waals surface area contributed by atoms with Crippen molar-refractivity contribution in [3.63, 3.8) is 0 Å². The summed E-state index contributed by atoms with van der Waals surface area (Å²) in [7, 11) is 0. The van der Waals surface area contributed by atoms with E-state index in [4.69, 9.17) is 9.47 Å². The molecule has 7 nitrogen and oxygen atoms in total. The summed E-state index contributed by atoms with van der Waals surface area (Å²) in [5, 5.41) is 50.0. The zero-order valence-electron chi connectivity index (χ0n) is 16.3. The van der Waals surface area contributed by atoms with Gasteiger partial charge in [0.25, 0.3) is 0 Å². The van der Waals surface area contributed by atoms with Crippen LogP contribution in [0.1, 0.15) is 42.0 Å². The predicted molar refractivity (Wildman–Crippen MR) is 98.1 cm³/mol. The zero-order valence-corrected chi connectivity index (χ0v) is 16.3. The van der Waals surface area contributed by atoms with Crippen molar-refractivity contribution < 1.29 is 35.0 Å². The van der Waals surface area contributed by atoms with Gasteiger partial charge in [0, 0.05) is 12.0 Å². The van der Waals surface area contributed by atoms with Crippen LogP contribution in [0.15, 0.2) is 0 Å². The Balaban J connectivity index is 1.85. The number of rotatable bonds is 3. The molecular formula is C20H30O7. The average molecular weight is 382 g/mol. The molecular weight excluding hydrogens is 352 g/mol. The van der Waals surface area contributed by atoms with Crippen molar-refractivity contribution in [2.45, 2.75) is 83.1 Å². The van der Waals surface area contributed by atoms with E-state index in [-0.39, 0.29) is 0 Å². The molecule has 0 aromatic heterocycles. The fourth-order valence-electron chi connectivity index (χ4n) is 4.21. The largest absolute Gasteiger partial charge is 0.507 e. The van der Waals surface area contributed by atoms with E-state index in [1.807, 2.05) is 27.7 Å². The molecule has 1 fully saturated rings. The van der Waals surface area contributed by atoms with E-state index < -0.39 is 42.7 Å². The molecule has 5 N–H and O–H groups in total. The highest BCUT2D eigenvalue weighted by molar-refractivity contribution is 5.58. The van der Waals surface area contributed by atoms with Crippen LogP contribution in [0.5, 0.6) is 11.5 Å². The second kappa shape index (κ2) is 7.22. The molecule has 0 aliphatic carbocycles. The number of benzene rings is 1. The molecule has 152 valence electrons. The fourth-order valence-corrected chi connectivity index (χ4v) is 4.21. The topological polar surface area (TPSA) is 120 Å². The minimum absolute atomic E-state index is 0.298. The summed E-state index contributed by atoms with van der Waals surface area (Å²) in [5.74, 6) is 1.05. The highest BCUT2D eigenvalue weighted by atomic mass is 16.5. The highest BCUT2D eigenvalue weighted by Crippen LogP contribution is 2.45. The first kappa shape index (κ1) is 20.4. The smallest absolute Gasteiger partial charge is 0.127 e. The van der Waals surface area contributed by atoms with E-state index in [0.29, 0.717) is 25.0 Å². The molecule has 1 aromatic rings. The Labute approximate surface area is 159 Å². The fraction of sp³-hybridized carbons (Fsp3) is 0.700. The van der Waals surface area contributed by atoms with Crippen LogP contribution in [-0.4, -0.2) is 68.3 Å². The Kier molecular flexibility index (Phi) is 5.44. The molecule has 0 spiro atoms. The molecule has 2 aliphatic rings. The van der Waals surface area contributed by atoms with Crippen LogP contribution < -0.4 is 4.74 Å². The van der Waals surface area contributed by atoms with Crippen LogP contribution in [0.2, 0.25) is 0 Å². The Morgan fingerprint density at radius 1 is 0.963 bits per heavy atom. The van der Waals surface area contributed by atoms with E-state index in [1.165, 1.54) is 0 Å². The molecule has 6 atom stereocenters. The second-order valence-electron chi connectivity index (χ2n) is 8.15. The van der Waals surface area contributed by atoms with Gasteiger partial charge in [0.1, 0.15) is 41.5 Å². The Bertz CT molecular complexity index is 717. The maximum absolute atomic E-state index is 10.3. The number of phenolic OH excluding ortho intramolecular Hbond substituents is 1.